The van der Waals surface area contributed by atoms with Crippen LogP contribution in [0.15, 0.2) is 47.2 Å². The molecule has 5 nitrogen and oxygen atoms in total. The Kier molecular flexibility index (Phi) is 3.46. The lowest BCUT2D eigenvalue weighted by Crippen LogP contribution is -2.34. The number of rotatable bonds is 2. The second-order valence-electron chi connectivity index (χ2n) is 3.16. The fourth-order valence-corrected chi connectivity index (χ4v) is 1.39. The lowest BCUT2D eigenvalue weighted by Gasteiger charge is -2.06. The van der Waals surface area contributed by atoms with Crippen molar-refractivity contribution in [3.8, 4) is 0 Å². The molecule has 0 spiro atoms. The number of thiocarbonyl (C=S) groups is 1. The highest BCUT2D eigenvalue weighted by atomic mass is 32.1. The number of nitrogens with one attached hydrogen (secondary N) is 2. The summed E-state index contributed by atoms with van der Waals surface area (Å²) in [6.07, 6.45) is 1.41. The number of nitrogens with zero attached hydrogens (tertiary/aromatic N) is 1. The van der Waals surface area contributed by atoms with Crippen LogP contribution < -0.4 is 10.6 Å². The van der Waals surface area contributed by atoms with E-state index in [9.17, 15) is 4.79 Å². The lowest BCUT2D eigenvalue weighted by atomic mass is 10.2. The molecule has 1 heterocycles. The highest BCUT2D eigenvalue weighted by Crippen LogP contribution is 2.01. The van der Waals surface area contributed by atoms with Crippen LogP contribution in [0.2, 0.25) is 0 Å². The minimum absolute atomic E-state index is 0.174. The van der Waals surface area contributed by atoms with Crippen LogP contribution in [0, 0.1) is 0 Å². The molecule has 1 amide bonds. The Morgan fingerprint density at radius 1 is 1.24 bits per heavy atom. The molecule has 0 bridgehead atoms. The van der Waals surface area contributed by atoms with Crippen molar-refractivity contribution in [1.29, 1.82) is 0 Å². The van der Waals surface area contributed by atoms with Crippen LogP contribution in [0.1, 0.15) is 10.4 Å². The number of aromatic nitrogens is 1. The van der Waals surface area contributed by atoms with Gasteiger partial charge in [0, 0.05) is 11.6 Å². The summed E-state index contributed by atoms with van der Waals surface area (Å²) in [4.78, 5) is 11.7. The van der Waals surface area contributed by atoms with Crippen molar-refractivity contribution in [3.05, 3.63) is 48.2 Å². The third-order valence-electron chi connectivity index (χ3n) is 1.94. The van der Waals surface area contributed by atoms with Crippen molar-refractivity contribution >= 4 is 29.1 Å². The SMILES string of the molecule is O=C(NC(=S)Nc1ccon1)c1ccccc1. The van der Waals surface area contributed by atoms with E-state index in [1.807, 2.05) is 6.07 Å². The Morgan fingerprint density at radius 2 is 2.00 bits per heavy atom. The molecule has 0 fully saturated rings. The number of amides is 1. The van der Waals surface area contributed by atoms with Gasteiger partial charge in [0.25, 0.3) is 5.91 Å². The molecule has 2 rings (SSSR count). The van der Waals surface area contributed by atoms with Gasteiger partial charge in [0.1, 0.15) is 6.26 Å². The first-order chi connectivity index (χ1) is 8.25. The zero-order valence-corrected chi connectivity index (χ0v) is 9.53. The van der Waals surface area contributed by atoms with Crippen molar-refractivity contribution in [3.63, 3.8) is 0 Å². The van der Waals surface area contributed by atoms with E-state index >= 15 is 0 Å². The van der Waals surface area contributed by atoms with Crippen LogP contribution in [0.4, 0.5) is 5.82 Å². The van der Waals surface area contributed by atoms with Gasteiger partial charge in [-0.2, -0.15) is 0 Å². The first-order valence-electron chi connectivity index (χ1n) is 4.83. The predicted octanol–water partition coefficient (Wildman–Crippen LogP) is 1.80. The van der Waals surface area contributed by atoms with Crippen molar-refractivity contribution < 1.29 is 9.32 Å². The second-order valence-corrected chi connectivity index (χ2v) is 3.57. The van der Waals surface area contributed by atoms with E-state index < -0.39 is 0 Å². The maximum absolute atomic E-state index is 11.7. The zero-order chi connectivity index (χ0) is 12.1. The van der Waals surface area contributed by atoms with Crippen LogP contribution in [-0.4, -0.2) is 16.2 Å². The molecule has 2 aromatic rings. The molecule has 0 unspecified atom stereocenters. The summed E-state index contributed by atoms with van der Waals surface area (Å²) >= 11 is 4.95. The Labute approximate surface area is 103 Å². The lowest BCUT2D eigenvalue weighted by molar-refractivity contribution is 0.0977. The molecular formula is C11H9N3O2S. The molecule has 0 aliphatic carbocycles. The summed E-state index contributed by atoms with van der Waals surface area (Å²) in [5, 5.41) is 9.04. The third-order valence-corrected chi connectivity index (χ3v) is 2.15. The number of carbonyl (C=O) groups is 1. The number of hydrogen-bond donors (Lipinski definition) is 2. The first-order valence-corrected chi connectivity index (χ1v) is 5.24. The maximum Gasteiger partial charge on any atom is 0.257 e. The van der Waals surface area contributed by atoms with Gasteiger partial charge in [-0.3, -0.25) is 10.1 Å². The van der Waals surface area contributed by atoms with Gasteiger partial charge in [0.2, 0.25) is 0 Å². The predicted molar refractivity (Wildman–Crippen MR) is 66.6 cm³/mol. The second kappa shape index (κ2) is 5.22. The molecule has 2 N–H and O–H groups in total. The Bertz CT molecular complexity index is 511. The van der Waals surface area contributed by atoms with E-state index in [1.165, 1.54) is 6.26 Å². The van der Waals surface area contributed by atoms with Gasteiger partial charge in [-0.25, -0.2) is 0 Å². The topological polar surface area (TPSA) is 67.2 Å². The molecule has 0 saturated carbocycles. The fourth-order valence-electron chi connectivity index (χ4n) is 1.19. The van der Waals surface area contributed by atoms with Gasteiger partial charge in [0.15, 0.2) is 10.9 Å². The van der Waals surface area contributed by atoms with Crippen molar-refractivity contribution in [2.45, 2.75) is 0 Å². The summed E-state index contributed by atoms with van der Waals surface area (Å²) < 4.78 is 4.62. The molecular weight excluding hydrogens is 238 g/mol. The molecule has 17 heavy (non-hydrogen) atoms. The molecule has 86 valence electrons. The van der Waals surface area contributed by atoms with Gasteiger partial charge in [-0.1, -0.05) is 23.4 Å². The number of anilines is 1. The quantitative estimate of drug-likeness (QED) is 0.792. The zero-order valence-electron chi connectivity index (χ0n) is 8.71. The fraction of sp³-hybridized carbons (Fsp3) is 0. The van der Waals surface area contributed by atoms with Crippen LogP contribution >= 0.6 is 12.2 Å². The Hall–Kier alpha value is -2.21. The average Bonchev–Trinajstić information content (AvgIpc) is 2.82. The Morgan fingerprint density at radius 3 is 2.65 bits per heavy atom. The summed E-state index contributed by atoms with van der Waals surface area (Å²) in [5.41, 5.74) is 0.539. The number of carbonyl (C=O) groups excluding carboxylic acids is 1. The van der Waals surface area contributed by atoms with Gasteiger partial charge in [-0.15, -0.1) is 0 Å². The van der Waals surface area contributed by atoms with Gasteiger partial charge in [-0.05, 0) is 24.4 Å². The first kappa shape index (κ1) is 11.3. The highest BCUT2D eigenvalue weighted by molar-refractivity contribution is 7.80. The van der Waals surface area contributed by atoms with Crippen LogP contribution in [0.5, 0.6) is 0 Å². The van der Waals surface area contributed by atoms with E-state index in [-0.39, 0.29) is 11.0 Å². The minimum Gasteiger partial charge on any atom is -0.363 e. The van der Waals surface area contributed by atoms with Gasteiger partial charge < -0.3 is 9.84 Å². The summed E-state index contributed by atoms with van der Waals surface area (Å²) in [7, 11) is 0. The number of benzene rings is 1. The largest absolute Gasteiger partial charge is 0.363 e. The van der Waals surface area contributed by atoms with Crippen molar-refractivity contribution in [1.82, 2.24) is 10.5 Å². The number of hydrogen-bond acceptors (Lipinski definition) is 4. The molecule has 0 aliphatic rings. The van der Waals surface area contributed by atoms with Crippen LogP contribution in [0.25, 0.3) is 0 Å². The van der Waals surface area contributed by atoms with Crippen LogP contribution in [-0.2, 0) is 0 Å². The Balaban J connectivity index is 1.93. The molecule has 1 aromatic heterocycles. The normalized spacial score (nSPS) is 9.65. The third kappa shape index (κ3) is 3.12. The molecule has 6 heteroatoms. The van der Waals surface area contributed by atoms with E-state index in [0.717, 1.165) is 0 Å². The van der Waals surface area contributed by atoms with Crippen molar-refractivity contribution in [2.75, 3.05) is 5.32 Å². The summed E-state index contributed by atoms with van der Waals surface area (Å²) in [6.45, 7) is 0. The maximum atomic E-state index is 11.7. The van der Waals surface area contributed by atoms with E-state index in [0.29, 0.717) is 11.4 Å². The summed E-state index contributed by atoms with van der Waals surface area (Å²) in [5.74, 6) is 0.176. The van der Waals surface area contributed by atoms with Crippen LogP contribution in [0.3, 0.4) is 0 Å². The van der Waals surface area contributed by atoms with E-state index in [4.69, 9.17) is 12.2 Å². The standard InChI is InChI=1S/C11H9N3O2S/c15-10(8-4-2-1-3-5-8)13-11(17)12-9-6-7-16-14-9/h1-7H,(H2,12,13,14,15,17). The highest BCUT2D eigenvalue weighted by Gasteiger charge is 2.07. The van der Waals surface area contributed by atoms with Gasteiger partial charge in [0.05, 0.1) is 0 Å². The van der Waals surface area contributed by atoms with Crippen molar-refractivity contribution in [2.24, 2.45) is 0 Å². The van der Waals surface area contributed by atoms with Gasteiger partial charge >= 0.3 is 0 Å². The van der Waals surface area contributed by atoms with E-state index in [1.54, 1.807) is 30.3 Å². The monoisotopic (exact) mass is 247 g/mol. The minimum atomic E-state index is -0.272. The molecule has 0 aliphatic heterocycles. The molecule has 0 radical (unpaired) electrons. The molecule has 0 atom stereocenters. The smallest absolute Gasteiger partial charge is 0.257 e. The average molecular weight is 247 g/mol. The van der Waals surface area contributed by atoms with E-state index in [2.05, 4.69) is 20.3 Å². The summed E-state index contributed by atoms with van der Waals surface area (Å²) in [6, 6.07) is 10.4. The molecule has 1 aromatic carbocycles. The molecule has 0 saturated heterocycles.